The van der Waals surface area contributed by atoms with Crippen LogP contribution in [0.3, 0.4) is 0 Å². The van der Waals surface area contributed by atoms with Gasteiger partial charge in [0.15, 0.2) is 0 Å². The van der Waals surface area contributed by atoms with E-state index >= 15 is 0 Å². The van der Waals surface area contributed by atoms with E-state index in [2.05, 4.69) is 12.2 Å². The van der Waals surface area contributed by atoms with E-state index in [0.717, 1.165) is 25.2 Å². The molecule has 0 saturated carbocycles. The van der Waals surface area contributed by atoms with Crippen LogP contribution >= 0.6 is 0 Å². The first-order chi connectivity index (χ1) is 9.68. The second-order valence-corrected chi connectivity index (χ2v) is 5.72. The SMILES string of the molecule is CC1(CNC(=O)CCCOCc2ccccc2)COC1. The Hall–Kier alpha value is -1.39. The number of benzene rings is 1. The van der Waals surface area contributed by atoms with E-state index in [1.165, 1.54) is 0 Å². The largest absolute Gasteiger partial charge is 0.380 e. The Labute approximate surface area is 120 Å². The fourth-order valence-electron chi connectivity index (χ4n) is 2.05. The Bertz CT molecular complexity index is 415. The Morgan fingerprint density at radius 3 is 2.75 bits per heavy atom. The summed E-state index contributed by atoms with van der Waals surface area (Å²) in [7, 11) is 0. The van der Waals surface area contributed by atoms with Crippen molar-refractivity contribution in [3.63, 3.8) is 0 Å². The van der Waals surface area contributed by atoms with Gasteiger partial charge in [-0.25, -0.2) is 0 Å². The van der Waals surface area contributed by atoms with Crippen molar-refractivity contribution in [3.8, 4) is 0 Å². The third-order valence-electron chi connectivity index (χ3n) is 3.42. The first-order valence-corrected chi connectivity index (χ1v) is 7.14. The van der Waals surface area contributed by atoms with Gasteiger partial charge in [0.25, 0.3) is 0 Å². The monoisotopic (exact) mass is 277 g/mol. The standard InChI is InChI=1S/C16H23NO3/c1-16(12-20-13-16)11-17-15(18)8-5-9-19-10-14-6-3-2-4-7-14/h2-4,6-7H,5,8-13H2,1H3,(H,17,18). The Kier molecular flexibility index (Phi) is 5.56. The number of ether oxygens (including phenoxy) is 2. The molecular formula is C16H23NO3. The van der Waals surface area contributed by atoms with Crippen LogP contribution in [0.4, 0.5) is 0 Å². The van der Waals surface area contributed by atoms with Crippen molar-refractivity contribution in [2.24, 2.45) is 5.41 Å². The van der Waals surface area contributed by atoms with Gasteiger partial charge in [-0.05, 0) is 12.0 Å². The zero-order valence-electron chi connectivity index (χ0n) is 12.1. The number of hydrogen-bond acceptors (Lipinski definition) is 3. The van der Waals surface area contributed by atoms with E-state index in [4.69, 9.17) is 9.47 Å². The van der Waals surface area contributed by atoms with E-state index in [-0.39, 0.29) is 11.3 Å². The predicted molar refractivity (Wildman–Crippen MR) is 77.3 cm³/mol. The number of rotatable bonds is 8. The van der Waals surface area contributed by atoms with Gasteiger partial charge in [-0.15, -0.1) is 0 Å². The molecule has 0 spiro atoms. The highest BCUT2D eigenvalue weighted by Gasteiger charge is 2.33. The summed E-state index contributed by atoms with van der Waals surface area (Å²) in [6, 6.07) is 10.1. The first-order valence-electron chi connectivity index (χ1n) is 7.14. The molecule has 2 rings (SSSR count). The molecule has 4 nitrogen and oxygen atoms in total. The maximum absolute atomic E-state index is 11.7. The average Bonchev–Trinajstić information content (AvgIpc) is 2.44. The van der Waals surface area contributed by atoms with Crippen LogP contribution in [0.15, 0.2) is 30.3 Å². The molecule has 1 heterocycles. The number of carbonyl (C=O) groups is 1. The molecule has 20 heavy (non-hydrogen) atoms. The molecule has 1 saturated heterocycles. The maximum Gasteiger partial charge on any atom is 0.220 e. The summed E-state index contributed by atoms with van der Waals surface area (Å²) in [6.45, 7) is 5.54. The lowest BCUT2D eigenvalue weighted by Gasteiger charge is -2.38. The number of hydrogen-bond donors (Lipinski definition) is 1. The molecule has 1 amide bonds. The minimum absolute atomic E-state index is 0.0986. The molecule has 0 unspecified atom stereocenters. The third-order valence-corrected chi connectivity index (χ3v) is 3.42. The number of nitrogens with one attached hydrogen (secondary N) is 1. The lowest BCUT2D eigenvalue weighted by atomic mass is 9.89. The molecule has 0 aliphatic carbocycles. The van der Waals surface area contributed by atoms with E-state index in [0.29, 0.717) is 26.2 Å². The van der Waals surface area contributed by atoms with Gasteiger partial charge in [0, 0.05) is 25.0 Å². The van der Waals surface area contributed by atoms with Crippen LogP contribution < -0.4 is 5.32 Å². The molecule has 4 heteroatoms. The molecule has 0 bridgehead atoms. The lowest BCUT2D eigenvalue weighted by molar-refractivity contribution is -0.127. The van der Waals surface area contributed by atoms with Gasteiger partial charge >= 0.3 is 0 Å². The number of amides is 1. The maximum atomic E-state index is 11.7. The summed E-state index contributed by atoms with van der Waals surface area (Å²) < 4.78 is 10.7. The minimum atomic E-state index is 0.0986. The topological polar surface area (TPSA) is 47.6 Å². The normalized spacial score (nSPS) is 16.4. The van der Waals surface area contributed by atoms with Crippen molar-refractivity contribution in [3.05, 3.63) is 35.9 Å². The fourth-order valence-corrected chi connectivity index (χ4v) is 2.05. The first kappa shape index (κ1) is 15.0. The predicted octanol–water partition coefficient (Wildman–Crippen LogP) is 2.14. The highest BCUT2D eigenvalue weighted by Crippen LogP contribution is 2.24. The van der Waals surface area contributed by atoms with E-state index in [1.807, 2.05) is 30.3 Å². The quantitative estimate of drug-likeness (QED) is 0.741. The second kappa shape index (κ2) is 7.41. The van der Waals surface area contributed by atoms with Gasteiger partial charge in [0.1, 0.15) is 0 Å². The van der Waals surface area contributed by atoms with Crippen LogP contribution in [0, 0.1) is 5.41 Å². The summed E-state index contributed by atoms with van der Waals surface area (Å²) in [6.07, 6.45) is 1.28. The molecular weight excluding hydrogens is 254 g/mol. The summed E-state index contributed by atoms with van der Waals surface area (Å²) in [5.74, 6) is 0.0986. The summed E-state index contributed by atoms with van der Waals surface area (Å²) in [4.78, 5) is 11.7. The smallest absolute Gasteiger partial charge is 0.220 e. The molecule has 1 aliphatic rings. The van der Waals surface area contributed by atoms with E-state index < -0.39 is 0 Å². The molecule has 0 aromatic heterocycles. The van der Waals surface area contributed by atoms with Crippen molar-refractivity contribution in [1.82, 2.24) is 5.32 Å². The van der Waals surface area contributed by atoms with Gasteiger partial charge in [-0.1, -0.05) is 37.3 Å². The van der Waals surface area contributed by atoms with Crippen LogP contribution in [-0.4, -0.2) is 32.3 Å². The van der Waals surface area contributed by atoms with Crippen LogP contribution in [0.5, 0.6) is 0 Å². The second-order valence-electron chi connectivity index (χ2n) is 5.72. The summed E-state index contributed by atoms with van der Waals surface area (Å²) in [5.41, 5.74) is 1.30. The van der Waals surface area contributed by atoms with Crippen molar-refractivity contribution in [2.75, 3.05) is 26.4 Å². The fraction of sp³-hybridized carbons (Fsp3) is 0.562. The summed E-state index contributed by atoms with van der Waals surface area (Å²) >= 11 is 0. The van der Waals surface area contributed by atoms with Crippen LogP contribution in [0.1, 0.15) is 25.3 Å². The van der Waals surface area contributed by atoms with Crippen LogP contribution in [0.25, 0.3) is 0 Å². The van der Waals surface area contributed by atoms with E-state index in [9.17, 15) is 4.79 Å². The van der Waals surface area contributed by atoms with E-state index in [1.54, 1.807) is 0 Å². The van der Waals surface area contributed by atoms with Crippen LogP contribution in [0.2, 0.25) is 0 Å². The third kappa shape index (κ3) is 4.94. The molecule has 1 N–H and O–H groups in total. The minimum Gasteiger partial charge on any atom is -0.380 e. The Balaban J connectivity index is 1.49. The van der Waals surface area contributed by atoms with Gasteiger partial charge in [0.2, 0.25) is 5.91 Å². The van der Waals surface area contributed by atoms with Gasteiger partial charge in [-0.3, -0.25) is 4.79 Å². The molecule has 1 aromatic rings. The van der Waals surface area contributed by atoms with Crippen molar-refractivity contribution < 1.29 is 14.3 Å². The molecule has 0 atom stereocenters. The van der Waals surface area contributed by atoms with Crippen molar-refractivity contribution in [1.29, 1.82) is 0 Å². The van der Waals surface area contributed by atoms with Gasteiger partial charge < -0.3 is 14.8 Å². The highest BCUT2D eigenvalue weighted by molar-refractivity contribution is 5.75. The van der Waals surface area contributed by atoms with Crippen molar-refractivity contribution in [2.45, 2.75) is 26.4 Å². The zero-order chi connectivity index (χ0) is 14.3. The summed E-state index contributed by atoms with van der Waals surface area (Å²) in [5, 5.41) is 2.96. The number of carbonyl (C=O) groups excluding carboxylic acids is 1. The average molecular weight is 277 g/mol. The molecule has 110 valence electrons. The Morgan fingerprint density at radius 1 is 1.35 bits per heavy atom. The Morgan fingerprint density at radius 2 is 2.10 bits per heavy atom. The van der Waals surface area contributed by atoms with Gasteiger partial charge in [-0.2, -0.15) is 0 Å². The zero-order valence-corrected chi connectivity index (χ0v) is 12.1. The molecule has 1 fully saturated rings. The van der Waals surface area contributed by atoms with Gasteiger partial charge in [0.05, 0.1) is 19.8 Å². The molecule has 1 aliphatic heterocycles. The lowest BCUT2D eigenvalue weighted by Crippen LogP contribution is -2.48. The molecule has 0 radical (unpaired) electrons. The molecule has 1 aromatic carbocycles. The highest BCUT2D eigenvalue weighted by atomic mass is 16.5. The van der Waals surface area contributed by atoms with Crippen molar-refractivity contribution >= 4 is 5.91 Å². The van der Waals surface area contributed by atoms with Crippen LogP contribution in [-0.2, 0) is 20.9 Å².